The summed E-state index contributed by atoms with van der Waals surface area (Å²) in [6.07, 6.45) is 5.54. The van der Waals surface area contributed by atoms with E-state index in [1.54, 1.807) is 0 Å². The second-order valence-corrected chi connectivity index (χ2v) is 9.26. The fourth-order valence-corrected chi connectivity index (χ4v) is 4.28. The molecular formula is C19H30OS. The van der Waals surface area contributed by atoms with Crippen molar-refractivity contribution in [1.82, 2.24) is 0 Å². The zero-order valence-electron chi connectivity index (χ0n) is 14.2. The van der Waals surface area contributed by atoms with Gasteiger partial charge in [0.1, 0.15) is 11.9 Å². The second kappa shape index (κ2) is 7.09. The summed E-state index contributed by atoms with van der Waals surface area (Å²) >= 11 is 2.09. The van der Waals surface area contributed by atoms with Gasteiger partial charge in [0.2, 0.25) is 0 Å². The van der Waals surface area contributed by atoms with Gasteiger partial charge in [0.25, 0.3) is 0 Å². The van der Waals surface area contributed by atoms with E-state index >= 15 is 0 Å². The Morgan fingerprint density at radius 2 is 1.67 bits per heavy atom. The highest BCUT2D eigenvalue weighted by molar-refractivity contribution is 8.00. The summed E-state index contributed by atoms with van der Waals surface area (Å²) in [5.41, 5.74) is 1.57. The smallest absolute Gasteiger partial charge is 0.119 e. The summed E-state index contributed by atoms with van der Waals surface area (Å²) < 4.78 is 6.32. The van der Waals surface area contributed by atoms with Gasteiger partial charge in [-0.2, -0.15) is 11.8 Å². The lowest BCUT2D eigenvalue weighted by molar-refractivity contribution is 0.161. The fourth-order valence-electron chi connectivity index (χ4n) is 2.91. The molecule has 2 heteroatoms. The zero-order chi connectivity index (χ0) is 15.5. The summed E-state index contributed by atoms with van der Waals surface area (Å²) in [7, 11) is 0. The molecule has 21 heavy (non-hydrogen) atoms. The molecule has 0 aromatic heterocycles. The van der Waals surface area contributed by atoms with Crippen molar-refractivity contribution < 1.29 is 4.74 Å². The van der Waals surface area contributed by atoms with Gasteiger partial charge in [-0.15, -0.1) is 0 Å². The molecule has 2 rings (SSSR count). The third-order valence-corrected chi connectivity index (χ3v) is 5.53. The fraction of sp³-hybridized carbons (Fsp3) is 0.684. The minimum Gasteiger partial charge on any atom is -0.489 e. The van der Waals surface area contributed by atoms with Crippen LogP contribution in [0.25, 0.3) is 0 Å². The molecule has 0 radical (unpaired) electrons. The van der Waals surface area contributed by atoms with Crippen molar-refractivity contribution in [3.8, 4) is 5.75 Å². The van der Waals surface area contributed by atoms with Gasteiger partial charge in [-0.1, -0.05) is 53.2 Å². The van der Waals surface area contributed by atoms with Crippen molar-refractivity contribution in [1.29, 1.82) is 0 Å². The van der Waals surface area contributed by atoms with Crippen LogP contribution in [0.1, 0.15) is 65.9 Å². The predicted octanol–water partition coefficient (Wildman–Crippen LogP) is 5.82. The number of rotatable bonds is 4. The summed E-state index contributed by atoms with van der Waals surface area (Å²) in [5.74, 6) is 1.03. The molecule has 1 aromatic rings. The topological polar surface area (TPSA) is 9.23 Å². The SMILES string of the molecule is CC(C)SC1CCCCC1Oc1ccc(C(C)(C)C)cc1. The van der Waals surface area contributed by atoms with Crippen LogP contribution < -0.4 is 4.74 Å². The lowest BCUT2D eigenvalue weighted by Crippen LogP contribution is -2.33. The highest BCUT2D eigenvalue weighted by Gasteiger charge is 2.28. The van der Waals surface area contributed by atoms with Crippen LogP contribution in [0.4, 0.5) is 0 Å². The summed E-state index contributed by atoms with van der Waals surface area (Å²) in [6, 6.07) is 8.71. The van der Waals surface area contributed by atoms with Crippen LogP contribution in [0.3, 0.4) is 0 Å². The molecule has 0 heterocycles. The number of hydrogen-bond donors (Lipinski definition) is 0. The number of hydrogen-bond acceptors (Lipinski definition) is 2. The van der Waals surface area contributed by atoms with Gasteiger partial charge in [-0.05, 0) is 47.6 Å². The summed E-state index contributed by atoms with van der Waals surface area (Å²) in [6.45, 7) is 11.3. The quantitative estimate of drug-likeness (QED) is 0.693. The molecule has 1 saturated carbocycles. The lowest BCUT2D eigenvalue weighted by atomic mass is 9.87. The molecule has 2 atom stereocenters. The highest BCUT2D eigenvalue weighted by atomic mass is 32.2. The van der Waals surface area contributed by atoms with Gasteiger partial charge < -0.3 is 4.74 Å². The van der Waals surface area contributed by atoms with Crippen molar-refractivity contribution in [2.24, 2.45) is 0 Å². The van der Waals surface area contributed by atoms with Crippen LogP contribution in [-0.4, -0.2) is 16.6 Å². The van der Waals surface area contributed by atoms with Gasteiger partial charge in [0.15, 0.2) is 0 Å². The molecule has 0 N–H and O–H groups in total. The molecule has 1 fully saturated rings. The molecule has 118 valence electrons. The van der Waals surface area contributed by atoms with E-state index in [0.717, 1.165) is 5.75 Å². The molecule has 2 unspecified atom stereocenters. The standard InChI is InChI=1S/C19H30OS/c1-14(2)21-18-9-7-6-8-17(18)20-16-12-10-15(11-13-16)19(3,4)5/h10-14,17-18H,6-9H2,1-5H3. The first-order valence-corrected chi connectivity index (χ1v) is 9.23. The average Bonchev–Trinajstić information content (AvgIpc) is 2.40. The summed E-state index contributed by atoms with van der Waals surface area (Å²) in [5, 5.41) is 1.34. The molecular weight excluding hydrogens is 276 g/mol. The van der Waals surface area contributed by atoms with Crippen LogP contribution >= 0.6 is 11.8 Å². The van der Waals surface area contributed by atoms with Gasteiger partial charge in [-0.3, -0.25) is 0 Å². The lowest BCUT2D eigenvalue weighted by Gasteiger charge is -2.32. The largest absolute Gasteiger partial charge is 0.489 e. The average molecular weight is 307 g/mol. The van der Waals surface area contributed by atoms with Gasteiger partial charge in [0, 0.05) is 5.25 Å². The van der Waals surface area contributed by atoms with E-state index in [9.17, 15) is 0 Å². The molecule has 0 spiro atoms. The molecule has 0 bridgehead atoms. The third kappa shape index (κ3) is 4.95. The minimum absolute atomic E-state index is 0.208. The van der Waals surface area contributed by atoms with E-state index in [-0.39, 0.29) is 5.41 Å². The van der Waals surface area contributed by atoms with E-state index in [1.165, 1.54) is 31.2 Å². The van der Waals surface area contributed by atoms with Crippen molar-refractivity contribution in [2.75, 3.05) is 0 Å². The summed E-state index contributed by atoms with van der Waals surface area (Å²) in [4.78, 5) is 0. The maximum Gasteiger partial charge on any atom is 0.119 e. The van der Waals surface area contributed by atoms with Crippen LogP contribution in [0, 0.1) is 0 Å². The van der Waals surface area contributed by atoms with E-state index in [0.29, 0.717) is 16.6 Å². The van der Waals surface area contributed by atoms with Crippen LogP contribution in [0.15, 0.2) is 24.3 Å². The maximum absolute atomic E-state index is 6.32. The maximum atomic E-state index is 6.32. The molecule has 0 saturated heterocycles. The Morgan fingerprint density at radius 1 is 1.05 bits per heavy atom. The Balaban J connectivity index is 2.02. The number of ether oxygens (including phenoxy) is 1. The van der Waals surface area contributed by atoms with Crippen molar-refractivity contribution in [3.05, 3.63) is 29.8 Å². The second-order valence-electron chi connectivity index (χ2n) is 7.44. The Labute approximate surface area is 134 Å². The van der Waals surface area contributed by atoms with Gasteiger partial charge in [-0.25, -0.2) is 0 Å². The molecule has 1 aromatic carbocycles. The van der Waals surface area contributed by atoms with E-state index in [1.807, 2.05) is 0 Å². The van der Waals surface area contributed by atoms with E-state index < -0.39 is 0 Å². The highest BCUT2D eigenvalue weighted by Crippen LogP contribution is 2.34. The van der Waals surface area contributed by atoms with Crippen LogP contribution in [0.2, 0.25) is 0 Å². The predicted molar refractivity (Wildman–Crippen MR) is 94.5 cm³/mol. The van der Waals surface area contributed by atoms with E-state index in [4.69, 9.17) is 4.74 Å². The van der Waals surface area contributed by atoms with E-state index in [2.05, 4.69) is 70.6 Å². The Kier molecular flexibility index (Phi) is 5.65. The van der Waals surface area contributed by atoms with Crippen LogP contribution in [0.5, 0.6) is 5.75 Å². The van der Waals surface area contributed by atoms with Crippen molar-refractivity contribution >= 4 is 11.8 Å². The molecule has 0 aliphatic heterocycles. The zero-order valence-corrected chi connectivity index (χ0v) is 15.0. The minimum atomic E-state index is 0.208. The molecule has 1 nitrogen and oxygen atoms in total. The Hall–Kier alpha value is -0.630. The number of thioether (sulfide) groups is 1. The Bertz CT molecular complexity index is 430. The normalized spacial score (nSPS) is 23.3. The molecule has 0 amide bonds. The first kappa shape index (κ1) is 16.7. The molecule has 1 aliphatic carbocycles. The van der Waals surface area contributed by atoms with Crippen molar-refractivity contribution in [3.63, 3.8) is 0 Å². The first-order valence-electron chi connectivity index (χ1n) is 8.29. The number of benzene rings is 1. The molecule has 1 aliphatic rings. The Morgan fingerprint density at radius 3 is 2.24 bits per heavy atom. The van der Waals surface area contributed by atoms with Crippen molar-refractivity contribution in [2.45, 2.75) is 82.3 Å². The van der Waals surface area contributed by atoms with Crippen LogP contribution in [-0.2, 0) is 5.41 Å². The third-order valence-electron chi connectivity index (χ3n) is 4.10. The first-order chi connectivity index (χ1) is 9.86. The van der Waals surface area contributed by atoms with Gasteiger partial charge in [0.05, 0.1) is 0 Å². The monoisotopic (exact) mass is 306 g/mol. The van der Waals surface area contributed by atoms with Gasteiger partial charge >= 0.3 is 0 Å².